The fraction of sp³-hybridized carbons (Fsp3) is 0.487. The lowest BCUT2D eigenvalue weighted by molar-refractivity contribution is -0.154. The molecule has 0 radical (unpaired) electrons. The van der Waals surface area contributed by atoms with Crippen LogP contribution in [0, 0.1) is 0 Å². The lowest BCUT2D eigenvalue weighted by atomic mass is 9.88. The van der Waals surface area contributed by atoms with Gasteiger partial charge in [-0.15, -0.1) is 0 Å². The molecule has 300 valence electrons. The van der Waals surface area contributed by atoms with Crippen molar-refractivity contribution in [2.75, 3.05) is 33.4 Å². The Morgan fingerprint density at radius 3 is 1.91 bits per heavy atom. The number of nitrogens with one attached hydrogen (secondary N) is 3. The second kappa shape index (κ2) is 12.9. The van der Waals surface area contributed by atoms with Gasteiger partial charge in [0.15, 0.2) is 5.54 Å². The molecule has 18 heteroatoms. The number of benzene rings is 2. The van der Waals surface area contributed by atoms with Crippen LogP contribution in [0.25, 0.3) is 11.1 Å². The van der Waals surface area contributed by atoms with Crippen molar-refractivity contribution in [1.82, 2.24) is 30.7 Å². The quantitative estimate of drug-likeness (QED) is 0.240. The Bertz CT molecular complexity index is 2110. The molecule has 5 aliphatic heterocycles. The molecule has 5 saturated heterocycles. The maximum absolute atomic E-state index is 14.5. The van der Waals surface area contributed by atoms with Crippen molar-refractivity contribution in [3.8, 4) is 11.1 Å². The third-order valence-electron chi connectivity index (χ3n) is 11.9. The number of aliphatic carboxylic acids is 1. The lowest BCUT2D eigenvalue weighted by Gasteiger charge is -2.42. The summed E-state index contributed by atoms with van der Waals surface area (Å²) in [4.78, 5) is 112. The van der Waals surface area contributed by atoms with Crippen molar-refractivity contribution in [2.45, 2.75) is 86.3 Å². The molecule has 5 fully saturated rings. The zero-order valence-corrected chi connectivity index (χ0v) is 31.7. The number of ether oxygens (including phenoxy) is 3. The molecular formula is C39H42N6O12. The highest BCUT2D eigenvalue weighted by Gasteiger charge is 2.68. The van der Waals surface area contributed by atoms with Gasteiger partial charge >= 0.3 is 24.1 Å². The van der Waals surface area contributed by atoms with E-state index in [4.69, 9.17) is 14.2 Å². The van der Waals surface area contributed by atoms with E-state index in [0.717, 1.165) is 44.1 Å². The van der Waals surface area contributed by atoms with E-state index >= 15 is 0 Å². The summed E-state index contributed by atoms with van der Waals surface area (Å²) in [6.45, 7) is 3.31. The summed E-state index contributed by atoms with van der Waals surface area (Å²) in [6, 6.07) is 11.6. The second-order valence-electron chi connectivity index (χ2n) is 16.6. The Hall–Kier alpha value is -6.20. The number of carbonyl (C=O) groups is 8. The number of fused-ring (bicyclic) bond motifs is 5. The molecule has 6 atom stereocenters. The largest absolute Gasteiger partial charge is 0.480 e. The first-order chi connectivity index (χ1) is 26.9. The van der Waals surface area contributed by atoms with Crippen molar-refractivity contribution in [2.24, 2.45) is 0 Å². The number of hydrogen-bond donors (Lipinski definition) is 4. The Balaban J connectivity index is 0.999. The number of esters is 1. The van der Waals surface area contributed by atoms with Gasteiger partial charge < -0.3 is 45.1 Å². The first-order valence-electron chi connectivity index (χ1n) is 18.6. The second-order valence-corrected chi connectivity index (χ2v) is 16.6. The van der Waals surface area contributed by atoms with E-state index in [1.807, 2.05) is 48.5 Å². The maximum Gasteiger partial charge on any atom is 0.411 e. The van der Waals surface area contributed by atoms with Crippen LogP contribution in [0.1, 0.15) is 57.1 Å². The summed E-state index contributed by atoms with van der Waals surface area (Å²) in [5, 5.41) is 17.9. The minimum absolute atomic E-state index is 0.0651. The Kier molecular flexibility index (Phi) is 8.55. The molecule has 2 aromatic carbocycles. The number of carbonyl (C=O) groups excluding carboxylic acids is 7. The molecule has 0 aromatic heterocycles. The number of nitrogens with zero attached hydrogens (tertiary/aromatic N) is 3. The topological polar surface area (TPSA) is 230 Å². The van der Waals surface area contributed by atoms with E-state index in [1.54, 1.807) is 20.8 Å². The Morgan fingerprint density at radius 1 is 0.807 bits per heavy atom. The molecule has 18 nitrogen and oxygen atoms in total. The number of carboxylic acid groups (broad SMARTS) is 1. The van der Waals surface area contributed by atoms with Crippen LogP contribution in [0.2, 0.25) is 0 Å². The monoisotopic (exact) mass is 786 g/mol. The summed E-state index contributed by atoms with van der Waals surface area (Å²) in [5.74, 6) is -5.40. The van der Waals surface area contributed by atoms with Gasteiger partial charge in [-0.3, -0.25) is 24.1 Å². The average Bonchev–Trinajstić information content (AvgIpc) is 3.93. The zero-order chi connectivity index (χ0) is 40.8. The molecule has 4 N–H and O–H groups in total. The van der Waals surface area contributed by atoms with Crippen LogP contribution in [0.15, 0.2) is 48.5 Å². The van der Waals surface area contributed by atoms with Gasteiger partial charge in [-0.25, -0.2) is 19.2 Å². The van der Waals surface area contributed by atoms with E-state index in [1.165, 1.54) is 0 Å². The van der Waals surface area contributed by atoms with Crippen LogP contribution in [-0.4, -0.2) is 141 Å². The van der Waals surface area contributed by atoms with Crippen molar-refractivity contribution in [3.63, 3.8) is 0 Å². The number of piperazine rings is 2. The number of likely N-dealkylation sites (tertiary alicyclic amines) is 1. The van der Waals surface area contributed by atoms with Crippen LogP contribution in [0.4, 0.5) is 9.59 Å². The minimum atomic E-state index is -1.88. The van der Waals surface area contributed by atoms with Crippen LogP contribution >= 0.6 is 0 Å². The lowest BCUT2D eigenvalue weighted by Crippen LogP contribution is -2.71. The standard InChI is InChI=1S/C39H42N6O12/c1-36(2,3)57-35(54)45-18-38(15-27(45)30(48)49)32(51)43-17-37(13-25(43)28(46)41-38)31(50)44-19-39(33(52)55-4,14-26(44)29(47)40-37)42-34(53)56-16-24-22-11-7-5-9-20(22)21-10-6-8-12-23(21)24/h5-12,24-27H,13-19H2,1-4H3,(H,40,47)(H,41,46)(H,42,53)(H,48,49)/t25-,26?,27-,37-,38-,39-/m0/s1. The molecule has 6 amide bonds. The Morgan fingerprint density at radius 2 is 1.35 bits per heavy atom. The van der Waals surface area contributed by atoms with Crippen LogP contribution in [0.3, 0.4) is 0 Å². The molecule has 2 spiro atoms. The number of rotatable bonds is 5. The molecule has 2 aromatic rings. The molecule has 0 bridgehead atoms. The number of hydrogen-bond acceptors (Lipinski definition) is 11. The van der Waals surface area contributed by atoms with Gasteiger partial charge in [-0.1, -0.05) is 48.5 Å². The maximum atomic E-state index is 14.5. The van der Waals surface area contributed by atoms with Gasteiger partial charge in [0.25, 0.3) is 11.8 Å². The fourth-order valence-electron chi connectivity index (χ4n) is 9.45. The van der Waals surface area contributed by atoms with Gasteiger partial charge in [-0.2, -0.15) is 0 Å². The SMILES string of the molecule is COC(=O)[C@]1(NC(=O)OCC2c3ccccc3-c3ccccc32)CC2C(=O)N[C@]3(C[C@H]4C(=O)N[C@]5(C[C@@H](C(=O)O)N(C(=O)OC(C)(C)C)C5)C(=O)N4C3)C(=O)N2C1. The van der Waals surface area contributed by atoms with E-state index in [-0.39, 0.29) is 25.4 Å². The first kappa shape index (κ1) is 37.7. The minimum Gasteiger partial charge on any atom is -0.480 e. The highest BCUT2D eigenvalue weighted by Crippen LogP contribution is 2.45. The highest BCUT2D eigenvalue weighted by molar-refractivity contribution is 6.07. The van der Waals surface area contributed by atoms with Gasteiger partial charge in [0.1, 0.15) is 41.4 Å². The van der Waals surface area contributed by atoms with E-state index in [0.29, 0.717) is 0 Å². The average molecular weight is 787 g/mol. The molecule has 1 unspecified atom stereocenters. The normalized spacial score (nSPS) is 30.0. The van der Waals surface area contributed by atoms with Crippen LogP contribution in [-0.2, 0) is 43.0 Å². The summed E-state index contributed by atoms with van der Waals surface area (Å²) in [5.41, 5.74) is -2.52. The molecule has 57 heavy (non-hydrogen) atoms. The smallest absolute Gasteiger partial charge is 0.411 e. The Labute approximate surface area is 326 Å². The third kappa shape index (κ3) is 5.91. The number of methoxy groups -OCH3 is 1. The number of amides is 6. The molecule has 8 rings (SSSR count). The zero-order valence-electron chi connectivity index (χ0n) is 31.7. The van der Waals surface area contributed by atoms with E-state index < -0.39 is 114 Å². The van der Waals surface area contributed by atoms with Crippen molar-refractivity contribution < 1.29 is 57.7 Å². The number of alkyl carbamates (subject to hydrolysis) is 1. The van der Waals surface area contributed by atoms with Gasteiger partial charge in [0.2, 0.25) is 11.8 Å². The number of carboxylic acids is 1. The summed E-state index contributed by atoms with van der Waals surface area (Å²) >= 11 is 0. The molecule has 1 aliphatic carbocycles. The predicted octanol–water partition coefficient (Wildman–Crippen LogP) is 0.470. The molecule has 0 saturated carbocycles. The fourth-order valence-corrected chi connectivity index (χ4v) is 9.45. The third-order valence-corrected chi connectivity index (χ3v) is 11.9. The van der Waals surface area contributed by atoms with Gasteiger partial charge in [0.05, 0.1) is 26.7 Å². The van der Waals surface area contributed by atoms with E-state index in [9.17, 15) is 43.5 Å². The molecular weight excluding hydrogens is 744 g/mol. The van der Waals surface area contributed by atoms with Crippen molar-refractivity contribution >= 4 is 47.8 Å². The van der Waals surface area contributed by atoms with Gasteiger partial charge in [0, 0.05) is 25.2 Å². The molecule has 5 heterocycles. The summed E-state index contributed by atoms with van der Waals surface area (Å²) < 4.78 is 16.2. The van der Waals surface area contributed by atoms with Crippen LogP contribution < -0.4 is 16.0 Å². The molecule has 6 aliphatic rings. The van der Waals surface area contributed by atoms with E-state index in [2.05, 4.69) is 16.0 Å². The van der Waals surface area contributed by atoms with Gasteiger partial charge in [-0.05, 0) is 43.0 Å². The van der Waals surface area contributed by atoms with Crippen LogP contribution in [0.5, 0.6) is 0 Å². The van der Waals surface area contributed by atoms with Crippen molar-refractivity contribution in [1.29, 1.82) is 0 Å². The predicted molar refractivity (Wildman–Crippen MR) is 194 cm³/mol. The first-order valence-corrected chi connectivity index (χ1v) is 18.6. The summed E-state index contributed by atoms with van der Waals surface area (Å²) in [6.07, 6.45) is -3.07. The highest BCUT2D eigenvalue weighted by atomic mass is 16.6. The van der Waals surface area contributed by atoms with Crippen molar-refractivity contribution in [3.05, 3.63) is 59.7 Å². The summed E-state index contributed by atoms with van der Waals surface area (Å²) in [7, 11) is 1.11.